The highest BCUT2D eigenvalue weighted by molar-refractivity contribution is 6.25. The molecule has 1 atom stereocenters. The van der Waals surface area contributed by atoms with Crippen LogP contribution in [0.1, 0.15) is 86.1 Å². The standard InChI is InChI=1S/C41H47N9O7/c1-25-11-16-32(37(52)45-25)50-38(53)30-9-6-10-31(34(30)40(50)55)42-17-19-56-21-22-57-20-18-43-36(51)26-12-14-28(15-13-26)46-41-44-24-27-23-33(39(54)48(2)3)49(35(27)47-41)29-7-4-5-8-29/h6,9-10,12-15,23-24,29,32,42H,1,4-5,7-8,11,16-22H2,2-3H3,(H,43,51)(H,45,52)(H,44,46,47). The topological polar surface area (TPSA) is 189 Å². The van der Waals surface area contributed by atoms with Crippen LogP contribution in [0.3, 0.4) is 0 Å². The second-order valence-electron chi connectivity index (χ2n) is 14.5. The number of hydrogen-bond acceptors (Lipinski definition) is 11. The fraction of sp³-hybridized carbons (Fsp3) is 0.390. The van der Waals surface area contributed by atoms with E-state index in [1.54, 1.807) is 67.7 Å². The quantitative estimate of drug-likeness (QED) is 0.0941. The minimum absolute atomic E-state index is 0.0625. The second-order valence-corrected chi connectivity index (χ2v) is 14.5. The molecule has 2 aromatic heterocycles. The van der Waals surface area contributed by atoms with Gasteiger partial charge in [0.25, 0.3) is 23.6 Å². The van der Waals surface area contributed by atoms with Crippen molar-refractivity contribution in [1.82, 2.24) is 35.0 Å². The number of rotatable bonds is 16. The van der Waals surface area contributed by atoms with Crippen LogP contribution in [0.5, 0.6) is 0 Å². The molecular weight excluding hydrogens is 731 g/mol. The largest absolute Gasteiger partial charge is 0.382 e. The van der Waals surface area contributed by atoms with Crippen LogP contribution in [0.2, 0.25) is 0 Å². The third-order valence-electron chi connectivity index (χ3n) is 10.3. The Kier molecular flexibility index (Phi) is 11.9. The molecule has 2 aromatic carbocycles. The number of fused-ring (bicyclic) bond motifs is 2. The van der Waals surface area contributed by atoms with Crippen LogP contribution in [0.4, 0.5) is 17.3 Å². The molecular formula is C41H47N9O7. The van der Waals surface area contributed by atoms with Gasteiger partial charge in [-0.3, -0.25) is 28.9 Å². The van der Waals surface area contributed by atoms with E-state index in [9.17, 15) is 24.0 Å². The normalized spacial score (nSPS) is 16.9. The molecule has 5 amide bonds. The fourth-order valence-electron chi connectivity index (χ4n) is 7.49. The number of ether oxygens (including phenoxy) is 2. The monoisotopic (exact) mass is 777 g/mol. The average molecular weight is 778 g/mol. The maximum absolute atomic E-state index is 13.3. The van der Waals surface area contributed by atoms with Crippen LogP contribution in [-0.4, -0.2) is 114 Å². The van der Waals surface area contributed by atoms with Gasteiger partial charge in [0.05, 0.1) is 37.6 Å². The number of carbonyl (C=O) groups is 5. The number of anilines is 3. The van der Waals surface area contributed by atoms with Crippen molar-refractivity contribution in [2.24, 2.45) is 0 Å². The maximum Gasteiger partial charge on any atom is 0.270 e. The Morgan fingerprint density at radius 2 is 1.68 bits per heavy atom. The van der Waals surface area contributed by atoms with Gasteiger partial charge in [-0.25, -0.2) is 4.98 Å². The summed E-state index contributed by atoms with van der Waals surface area (Å²) in [4.78, 5) is 76.5. The van der Waals surface area contributed by atoms with E-state index in [0.717, 1.165) is 41.6 Å². The molecule has 3 aliphatic rings. The molecule has 4 heterocycles. The molecule has 1 aliphatic carbocycles. The van der Waals surface area contributed by atoms with E-state index >= 15 is 0 Å². The third-order valence-corrected chi connectivity index (χ3v) is 10.3. The minimum atomic E-state index is -0.871. The van der Waals surface area contributed by atoms with Gasteiger partial charge in [0.2, 0.25) is 11.9 Å². The molecule has 2 fully saturated rings. The van der Waals surface area contributed by atoms with E-state index in [0.29, 0.717) is 86.6 Å². The van der Waals surface area contributed by atoms with Crippen molar-refractivity contribution in [3.05, 3.63) is 89.4 Å². The number of piperidine rings is 1. The number of carbonyl (C=O) groups excluding carboxylic acids is 5. The van der Waals surface area contributed by atoms with Crippen LogP contribution < -0.4 is 21.3 Å². The molecule has 16 nitrogen and oxygen atoms in total. The lowest BCUT2D eigenvalue weighted by Crippen LogP contribution is -2.51. The molecule has 298 valence electrons. The Bertz CT molecular complexity index is 2190. The zero-order valence-electron chi connectivity index (χ0n) is 32.1. The van der Waals surface area contributed by atoms with E-state index < -0.39 is 23.8 Å². The zero-order chi connectivity index (χ0) is 40.1. The number of allylic oxidation sites excluding steroid dienone is 1. The number of nitrogens with one attached hydrogen (secondary N) is 4. The Labute approximate surface area is 330 Å². The molecule has 4 N–H and O–H groups in total. The van der Waals surface area contributed by atoms with Crippen LogP contribution in [0.15, 0.2) is 67.0 Å². The molecule has 0 radical (unpaired) electrons. The van der Waals surface area contributed by atoms with Gasteiger partial charge in [-0.05, 0) is 68.1 Å². The molecule has 1 unspecified atom stereocenters. The molecule has 4 aromatic rings. The van der Waals surface area contributed by atoms with Crippen molar-refractivity contribution in [1.29, 1.82) is 0 Å². The first-order valence-corrected chi connectivity index (χ1v) is 19.2. The molecule has 16 heteroatoms. The van der Waals surface area contributed by atoms with Crippen molar-refractivity contribution in [2.75, 3.05) is 64.2 Å². The van der Waals surface area contributed by atoms with Gasteiger partial charge >= 0.3 is 0 Å². The van der Waals surface area contributed by atoms with E-state index in [-0.39, 0.29) is 29.0 Å². The third kappa shape index (κ3) is 8.51. The molecule has 7 rings (SSSR count). The smallest absolute Gasteiger partial charge is 0.270 e. The lowest BCUT2D eigenvalue weighted by molar-refractivity contribution is -0.125. The number of nitrogens with zero attached hydrogens (tertiary/aromatic N) is 5. The summed E-state index contributed by atoms with van der Waals surface area (Å²) in [6.07, 6.45) is 6.81. The van der Waals surface area contributed by atoms with Gasteiger partial charge in [-0.1, -0.05) is 25.5 Å². The van der Waals surface area contributed by atoms with Crippen LogP contribution >= 0.6 is 0 Å². The van der Waals surface area contributed by atoms with E-state index in [4.69, 9.17) is 14.5 Å². The molecule has 2 aliphatic heterocycles. The highest BCUT2D eigenvalue weighted by Gasteiger charge is 2.45. The highest BCUT2D eigenvalue weighted by Crippen LogP contribution is 2.35. The number of hydrogen-bond donors (Lipinski definition) is 4. The number of aromatic nitrogens is 3. The molecule has 1 saturated carbocycles. The molecule has 0 spiro atoms. The number of imide groups is 1. The Hall–Kier alpha value is -6.13. The Morgan fingerprint density at radius 1 is 0.947 bits per heavy atom. The number of amides is 5. The molecule has 0 bridgehead atoms. The van der Waals surface area contributed by atoms with Crippen molar-refractivity contribution in [2.45, 2.75) is 50.6 Å². The SMILES string of the molecule is C=C1CCC(N2C(=O)c3cccc(NCCOCCOCCNC(=O)c4ccc(Nc5ncc6cc(C(=O)N(C)C)n(C7CCCC7)c6n5)cc4)c3C2=O)C(=O)N1. The fourth-order valence-corrected chi connectivity index (χ4v) is 7.49. The van der Waals surface area contributed by atoms with Gasteiger partial charge < -0.3 is 40.2 Å². The summed E-state index contributed by atoms with van der Waals surface area (Å²) in [5.74, 6) is -1.29. The van der Waals surface area contributed by atoms with Gasteiger partial charge in [-0.2, -0.15) is 4.98 Å². The summed E-state index contributed by atoms with van der Waals surface area (Å²) in [6.45, 7) is 5.72. The molecule has 57 heavy (non-hydrogen) atoms. The van der Waals surface area contributed by atoms with E-state index in [2.05, 4.69) is 37.4 Å². The summed E-state index contributed by atoms with van der Waals surface area (Å²) in [7, 11) is 3.50. The number of benzene rings is 2. The van der Waals surface area contributed by atoms with Crippen molar-refractivity contribution in [3.8, 4) is 0 Å². The Morgan fingerprint density at radius 3 is 2.40 bits per heavy atom. The summed E-state index contributed by atoms with van der Waals surface area (Å²) in [5.41, 5.74) is 4.14. The predicted molar refractivity (Wildman–Crippen MR) is 212 cm³/mol. The maximum atomic E-state index is 13.3. The lowest BCUT2D eigenvalue weighted by atomic mass is 10.0. The summed E-state index contributed by atoms with van der Waals surface area (Å²) in [5, 5.41) is 12.7. The van der Waals surface area contributed by atoms with E-state index in [1.807, 2.05) is 6.07 Å². The minimum Gasteiger partial charge on any atom is -0.382 e. The first kappa shape index (κ1) is 39.1. The first-order valence-electron chi connectivity index (χ1n) is 19.2. The Balaban J connectivity index is 0.809. The van der Waals surface area contributed by atoms with Gasteiger partial charge in [0, 0.05) is 67.4 Å². The summed E-state index contributed by atoms with van der Waals surface area (Å²) >= 11 is 0. The van der Waals surface area contributed by atoms with Gasteiger partial charge in [0.1, 0.15) is 17.4 Å². The zero-order valence-corrected chi connectivity index (χ0v) is 32.1. The predicted octanol–water partition coefficient (Wildman–Crippen LogP) is 4.26. The first-order chi connectivity index (χ1) is 27.6. The average Bonchev–Trinajstić information content (AvgIpc) is 3.92. The highest BCUT2D eigenvalue weighted by atomic mass is 16.5. The van der Waals surface area contributed by atoms with E-state index in [1.165, 1.54) is 0 Å². The van der Waals surface area contributed by atoms with Crippen LogP contribution in [0.25, 0.3) is 11.0 Å². The van der Waals surface area contributed by atoms with Crippen molar-refractivity contribution < 1.29 is 33.4 Å². The summed E-state index contributed by atoms with van der Waals surface area (Å²) < 4.78 is 13.3. The van der Waals surface area contributed by atoms with Gasteiger partial charge in [0.15, 0.2) is 0 Å². The summed E-state index contributed by atoms with van der Waals surface area (Å²) in [6, 6.07) is 13.2. The van der Waals surface area contributed by atoms with Crippen LogP contribution in [-0.2, 0) is 14.3 Å². The van der Waals surface area contributed by atoms with Crippen molar-refractivity contribution in [3.63, 3.8) is 0 Å². The molecule has 1 saturated heterocycles. The second kappa shape index (κ2) is 17.3. The van der Waals surface area contributed by atoms with Crippen molar-refractivity contribution >= 4 is 57.9 Å². The van der Waals surface area contributed by atoms with Gasteiger partial charge in [-0.15, -0.1) is 0 Å². The van der Waals surface area contributed by atoms with Crippen LogP contribution in [0, 0.1) is 0 Å². The lowest BCUT2D eigenvalue weighted by Gasteiger charge is -2.29.